The van der Waals surface area contributed by atoms with E-state index in [0.29, 0.717) is 36.1 Å². The summed E-state index contributed by atoms with van der Waals surface area (Å²) in [5, 5.41) is 2.97. The lowest BCUT2D eigenvalue weighted by molar-refractivity contribution is -0.137. The van der Waals surface area contributed by atoms with Crippen LogP contribution in [-0.4, -0.2) is 61.8 Å². The number of amides is 1. The predicted molar refractivity (Wildman–Crippen MR) is 129 cm³/mol. The molecule has 0 radical (unpaired) electrons. The molecule has 2 saturated heterocycles. The summed E-state index contributed by atoms with van der Waals surface area (Å²) in [6.07, 6.45) is 5.14. The van der Waals surface area contributed by atoms with Crippen LogP contribution in [0.1, 0.15) is 37.2 Å². The molecular formula is C24H29N3O4S2. The maximum Gasteiger partial charge on any atom is 0.252 e. The lowest BCUT2D eigenvalue weighted by Gasteiger charge is -2.37. The second-order valence-electron chi connectivity index (χ2n) is 8.87. The van der Waals surface area contributed by atoms with Crippen LogP contribution in [-0.2, 0) is 14.8 Å². The minimum atomic E-state index is -3.43. The first-order chi connectivity index (χ1) is 16.0. The van der Waals surface area contributed by atoms with Crippen LogP contribution in [0.4, 0.5) is 0 Å². The fourth-order valence-corrected chi connectivity index (χ4v) is 7.75. The molecule has 2 aliphatic heterocycles. The van der Waals surface area contributed by atoms with Gasteiger partial charge in [-0.1, -0.05) is 6.07 Å². The number of nitrogens with one attached hydrogen (secondary N) is 1. The van der Waals surface area contributed by atoms with E-state index >= 15 is 0 Å². The molecule has 2 aliphatic rings. The molecule has 0 bridgehead atoms. The van der Waals surface area contributed by atoms with E-state index in [2.05, 4.69) is 17.2 Å². The van der Waals surface area contributed by atoms with E-state index < -0.39 is 10.0 Å². The average molecular weight is 488 g/mol. The van der Waals surface area contributed by atoms with Gasteiger partial charge in [0.25, 0.3) is 10.0 Å². The molecule has 2 fully saturated rings. The molecule has 4 heterocycles. The van der Waals surface area contributed by atoms with Crippen LogP contribution in [0.15, 0.2) is 46.1 Å². The molecule has 33 heavy (non-hydrogen) atoms. The molecule has 0 unspecified atom stereocenters. The van der Waals surface area contributed by atoms with Crippen molar-refractivity contribution in [3.05, 3.63) is 47.5 Å². The maximum absolute atomic E-state index is 13.2. The van der Waals surface area contributed by atoms with Crippen molar-refractivity contribution in [1.82, 2.24) is 14.2 Å². The summed E-state index contributed by atoms with van der Waals surface area (Å²) in [7, 11) is -1.75. The summed E-state index contributed by atoms with van der Waals surface area (Å²) >= 11 is 1.24. The normalized spacial score (nSPS) is 19.2. The average Bonchev–Trinajstić information content (AvgIpc) is 3.54. The van der Waals surface area contributed by atoms with Crippen molar-refractivity contribution in [2.75, 3.05) is 33.3 Å². The number of methoxy groups -OCH3 is 1. The van der Waals surface area contributed by atoms with Crippen molar-refractivity contribution in [2.45, 2.75) is 35.8 Å². The van der Waals surface area contributed by atoms with Crippen molar-refractivity contribution in [2.24, 2.45) is 5.92 Å². The Morgan fingerprint density at radius 1 is 1.09 bits per heavy atom. The van der Waals surface area contributed by atoms with Gasteiger partial charge in [0, 0.05) is 49.2 Å². The first kappa shape index (κ1) is 22.4. The number of aromatic amines is 1. The van der Waals surface area contributed by atoms with E-state index in [1.807, 2.05) is 17.0 Å². The summed E-state index contributed by atoms with van der Waals surface area (Å²) in [5.41, 5.74) is 2.40. The number of likely N-dealkylation sites (tertiary alicyclic amines) is 1. The third-order valence-electron chi connectivity index (χ3n) is 7.06. The third-order valence-corrected chi connectivity index (χ3v) is 10.3. The topological polar surface area (TPSA) is 82.7 Å². The zero-order valence-corrected chi connectivity index (χ0v) is 20.3. The van der Waals surface area contributed by atoms with Crippen LogP contribution in [0, 0.1) is 5.92 Å². The third kappa shape index (κ3) is 4.29. The van der Waals surface area contributed by atoms with Crippen molar-refractivity contribution < 1.29 is 17.9 Å². The van der Waals surface area contributed by atoms with Gasteiger partial charge in [0.1, 0.15) is 9.96 Å². The van der Waals surface area contributed by atoms with E-state index in [1.54, 1.807) is 24.6 Å². The minimum absolute atomic E-state index is 0.0892. The molecule has 0 spiro atoms. The number of sulfonamides is 1. The maximum atomic E-state index is 13.2. The zero-order chi connectivity index (χ0) is 23.0. The number of fused-ring (bicyclic) bond motifs is 1. The highest BCUT2D eigenvalue weighted by Crippen LogP contribution is 2.35. The Hall–Kier alpha value is -2.36. The molecule has 1 amide bonds. The van der Waals surface area contributed by atoms with Gasteiger partial charge in [0.15, 0.2) is 0 Å². The van der Waals surface area contributed by atoms with Crippen LogP contribution in [0.2, 0.25) is 0 Å². The molecule has 1 aromatic carbocycles. The molecule has 176 valence electrons. The second kappa shape index (κ2) is 9.12. The van der Waals surface area contributed by atoms with Gasteiger partial charge in [-0.25, -0.2) is 8.42 Å². The molecule has 0 aliphatic carbocycles. The van der Waals surface area contributed by atoms with Gasteiger partial charge >= 0.3 is 0 Å². The van der Waals surface area contributed by atoms with Gasteiger partial charge in [-0.2, -0.15) is 4.31 Å². The molecular weight excluding hydrogens is 458 g/mol. The van der Waals surface area contributed by atoms with Crippen molar-refractivity contribution in [3.8, 4) is 5.75 Å². The predicted octanol–water partition coefficient (Wildman–Crippen LogP) is 4.04. The van der Waals surface area contributed by atoms with E-state index in [9.17, 15) is 13.2 Å². The molecule has 9 heteroatoms. The smallest absolute Gasteiger partial charge is 0.252 e. The number of piperidine rings is 2. The first-order valence-corrected chi connectivity index (χ1v) is 13.8. The van der Waals surface area contributed by atoms with E-state index in [1.165, 1.54) is 26.6 Å². The van der Waals surface area contributed by atoms with Gasteiger partial charge in [0.05, 0.1) is 7.11 Å². The van der Waals surface area contributed by atoms with Gasteiger partial charge in [-0.15, -0.1) is 11.3 Å². The monoisotopic (exact) mass is 487 g/mol. The number of ether oxygens (including phenoxy) is 1. The summed E-state index contributed by atoms with van der Waals surface area (Å²) in [6, 6.07) is 9.48. The Morgan fingerprint density at radius 3 is 2.52 bits per heavy atom. The van der Waals surface area contributed by atoms with Crippen molar-refractivity contribution >= 4 is 38.2 Å². The minimum Gasteiger partial charge on any atom is -0.497 e. The Bertz CT molecular complexity index is 1220. The number of nitrogens with zero attached hydrogens (tertiary/aromatic N) is 2. The second-order valence-corrected chi connectivity index (χ2v) is 12.0. The number of hydrogen-bond donors (Lipinski definition) is 1. The highest BCUT2D eigenvalue weighted by atomic mass is 32.2. The quantitative estimate of drug-likeness (QED) is 0.589. The van der Waals surface area contributed by atoms with E-state index in [4.69, 9.17) is 4.74 Å². The standard InChI is InChI=1S/C24H29N3O4S2/c1-31-19-4-5-22-20(15-19)21(16-25-22)17-6-10-26(11-7-17)24(28)18-8-12-27(13-9-18)33(29,30)23-3-2-14-32-23/h2-5,14-18,25H,6-13H2,1H3. The lowest BCUT2D eigenvalue weighted by Crippen LogP contribution is -2.46. The van der Waals surface area contributed by atoms with E-state index in [-0.39, 0.29) is 11.8 Å². The van der Waals surface area contributed by atoms with Gasteiger partial charge < -0.3 is 14.6 Å². The molecule has 5 rings (SSSR count). The fourth-order valence-electron chi connectivity index (χ4n) is 5.14. The highest BCUT2D eigenvalue weighted by Gasteiger charge is 2.35. The molecule has 0 saturated carbocycles. The number of H-pyrrole nitrogens is 1. The summed E-state index contributed by atoms with van der Waals surface area (Å²) in [6.45, 7) is 2.30. The molecule has 0 atom stereocenters. The number of hydrogen-bond acceptors (Lipinski definition) is 5. The first-order valence-electron chi connectivity index (χ1n) is 11.4. The summed E-state index contributed by atoms with van der Waals surface area (Å²) in [4.78, 5) is 18.5. The highest BCUT2D eigenvalue weighted by molar-refractivity contribution is 7.91. The van der Waals surface area contributed by atoms with Crippen LogP contribution < -0.4 is 4.74 Å². The number of rotatable bonds is 5. The summed E-state index contributed by atoms with van der Waals surface area (Å²) < 4.78 is 32.8. The van der Waals surface area contributed by atoms with Crippen molar-refractivity contribution in [3.63, 3.8) is 0 Å². The Balaban J connectivity index is 1.18. The molecule has 3 aromatic rings. The Kier molecular flexibility index (Phi) is 6.20. The van der Waals surface area contributed by atoms with Crippen LogP contribution in [0.25, 0.3) is 10.9 Å². The fraction of sp³-hybridized carbons (Fsp3) is 0.458. The van der Waals surface area contributed by atoms with Gasteiger partial charge in [-0.3, -0.25) is 4.79 Å². The van der Waals surface area contributed by atoms with Crippen LogP contribution in [0.5, 0.6) is 5.75 Å². The largest absolute Gasteiger partial charge is 0.497 e. The molecule has 2 aromatic heterocycles. The number of thiophene rings is 1. The molecule has 1 N–H and O–H groups in total. The van der Waals surface area contributed by atoms with E-state index in [0.717, 1.165) is 37.2 Å². The SMILES string of the molecule is COc1ccc2[nH]cc(C3CCN(C(=O)C4CCN(S(=O)(=O)c5cccs5)CC4)CC3)c2c1. The van der Waals surface area contributed by atoms with Gasteiger partial charge in [0.2, 0.25) is 5.91 Å². The number of carbonyl (C=O) groups is 1. The Labute approximate surface area is 198 Å². The zero-order valence-electron chi connectivity index (χ0n) is 18.7. The Morgan fingerprint density at radius 2 is 1.85 bits per heavy atom. The number of aromatic nitrogens is 1. The van der Waals surface area contributed by atoms with Crippen molar-refractivity contribution in [1.29, 1.82) is 0 Å². The van der Waals surface area contributed by atoms with Crippen LogP contribution >= 0.6 is 11.3 Å². The van der Waals surface area contributed by atoms with Crippen LogP contribution in [0.3, 0.4) is 0 Å². The number of benzene rings is 1. The number of carbonyl (C=O) groups excluding carboxylic acids is 1. The lowest BCUT2D eigenvalue weighted by atomic mass is 9.88. The molecule has 7 nitrogen and oxygen atoms in total. The summed E-state index contributed by atoms with van der Waals surface area (Å²) in [5.74, 6) is 1.35. The van der Waals surface area contributed by atoms with Gasteiger partial charge in [-0.05, 0) is 66.8 Å².